The van der Waals surface area contributed by atoms with Gasteiger partial charge in [-0.25, -0.2) is 12.7 Å². The van der Waals surface area contributed by atoms with Crippen molar-refractivity contribution in [1.82, 2.24) is 4.31 Å². The molecule has 1 aromatic carbocycles. The number of hydrogen-bond acceptors (Lipinski definition) is 3. The lowest BCUT2D eigenvalue weighted by Crippen LogP contribution is -2.35. The van der Waals surface area contributed by atoms with Gasteiger partial charge in [0, 0.05) is 36.7 Å². The average molecular weight is 330 g/mol. The molecule has 2 aliphatic heterocycles. The summed E-state index contributed by atoms with van der Waals surface area (Å²) in [6.07, 6.45) is 2.40. The number of ether oxygens (including phenoxy) is 1. The minimum atomic E-state index is -3.13. The number of rotatable bonds is 3. The van der Waals surface area contributed by atoms with Crippen LogP contribution in [-0.4, -0.2) is 44.8 Å². The van der Waals surface area contributed by atoms with Gasteiger partial charge in [0.1, 0.15) is 0 Å². The summed E-state index contributed by atoms with van der Waals surface area (Å²) >= 11 is 5.97. The second-order valence-electron chi connectivity index (χ2n) is 6.08. The predicted molar refractivity (Wildman–Crippen MR) is 83.0 cm³/mol. The van der Waals surface area contributed by atoms with E-state index in [-0.39, 0.29) is 11.2 Å². The van der Waals surface area contributed by atoms with Gasteiger partial charge in [-0.3, -0.25) is 0 Å². The van der Waals surface area contributed by atoms with Crippen LogP contribution in [-0.2, 0) is 21.2 Å². The zero-order valence-electron chi connectivity index (χ0n) is 11.9. The highest BCUT2D eigenvalue weighted by Gasteiger charge is 2.47. The van der Waals surface area contributed by atoms with Crippen LogP contribution in [0.15, 0.2) is 24.3 Å². The van der Waals surface area contributed by atoms with Crippen LogP contribution in [0.1, 0.15) is 18.4 Å². The molecular weight excluding hydrogens is 310 g/mol. The minimum absolute atomic E-state index is 0.0918. The van der Waals surface area contributed by atoms with Gasteiger partial charge >= 0.3 is 0 Å². The van der Waals surface area contributed by atoms with Crippen molar-refractivity contribution >= 4 is 21.6 Å². The van der Waals surface area contributed by atoms with Crippen LogP contribution in [0.4, 0.5) is 0 Å². The van der Waals surface area contributed by atoms with Crippen molar-refractivity contribution in [3.63, 3.8) is 0 Å². The molecule has 0 unspecified atom stereocenters. The van der Waals surface area contributed by atoms with Crippen LogP contribution < -0.4 is 0 Å². The Kier molecular flexibility index (Phi) is 4.28. The molecule has 0 bridgehead atoms. The van der Waals surface area contributed by atoms with Crippen molar-refractivity contribution in [1.29, 1.82) is 0 Å². The molecule has 0 aliphatic carbocycles. The quantitative estimate of drug-likeness (QED) is 0.855. The molecule has 0 N–H and O–H groups in total. The molecule has 21 heavy (non-hydrogen) atoms. The van der Waals surface area contributed by atoms with Crippen molar-refractivity contribution in [2.24, 2.45) is 5.41 Å². The maximum atomic E-state index is 12.4. The zero-order valence-corrected chi connectivity index (χ0v) is 13.5. The maximum Gasteiger partial charge on any atom is 0.214 e. The molecule has 1 aromatic rings. The highest BCUT2D eigenvalue weighted by Crippen LogP contribution is 2.39. The van der Waals surface area contributed by atoms with Gasteiger partial charge in [-0.05, 0) is 37.0 Å². The summed E-state index contributed by atoms with van der Waals surface area (Å²) in [6.45, 7) is 2.53. The lowest BCUT2D eigenvalue weighted by Gasteiger charge is -2.31. The molecule has 6 heteroatoms. The van der Waals surface area contributed by atoms with Gasteiger partial charge in [0.05, 0.1) is 5.75 Å². The molecule has 0 atom stereocenters. The summed E-state index contributed by atoms with van der Waals surface area (Å²) in [5.74, 6) is 0.277. The molecule has 0 saturated carbocycles. The minimum Gasteiger partial charge on any atom is -0.381 e. The van der Waals surface area contributed by atoms with Crippen LogP contribution in [0.25, 0.3) is 0 Å². The predicted octanol–water partition coefficient (Wildman–Crippen LogP) is 2.32. The zero-order chi connectivity index (χ0) is 14.9. The Bertz CT molecular complexity index is 611. The van der Waals surface area contributed by atoms with E-state index < -0.39 is 10.0 Å². The van der Waals surface area contributed by atoms with E-state index in [0.717, 1.165) is 18.4 Å². The Hall–Kier alpha value is -0.620. The molecule has 1 spiro atoms. The standard InChI is InChI=1S/C15H20ClNO3S/c16-14-3-1-2-13(10-14)4-7-17-11-15(12-21(17,18)19)5-8-20-9-6-15/h1-3,10H,4-9,11-12H2. The van der Waals surface area contributed by atoms with Crippen LogP contribution in [0.2, 0.25) is 5.02 Å². The second-order valence-corrected chi connectivity index (χ2v) is 8.49. The number of nitrogens with zero attached hydrogens (tertiary/aromatic N) is 1. The van der Waals surface area contributed by atoms with E-state index in [0.29, 0.717) is 37.7 Å². The topological polar surface area (TPSA) is 46.6 Å². The summed E-state index contributed by atoms with van der Waals surface area (Å²) in [5.41, 5.74) is 0.983. The summed E-state index contributed by atoms with van der Waals surface area (Å²) in [4.78, 5) is 0. The lowest BCUT2D eigenvalue weighted by molar-refractivity contribution is 0.0247. The SMILES string of the molecule is O=S1(=O)CC2(CCOCC2)CN1CCc1cccc(Cl)c1. The van der Waals surface area contributed by atoms with Gasteiger partial charge in [0.15, 0.2) is 0 Å². The van der Waals surface area contributed by atoms with Crippen molar-refractivity contribution in [3.8, 4) is 0 Å². The van der Waals surface area contributed by atoms with E-state index in [1.165, 1.54) is 0 Å². The Morgan fingerprint density at radius 3 is 2.76 bits per heavy atom. The molecule has 2 fully saturated rings. The molecule has 2 saturated heterocycles. The lowest BCUT2D eigenvalue weighted by atomic mass is 9.82. The summed E-state index contributed by atoms with van der Waals surface area (Å²) < 4.78 is 31.8. The Morgan fingerprint density at radius 2 is 2.05 bits per heavy atom. The first-order valence-corrected chi connectivity index (χ1v) is 9.28. The summed E-state index contributed by atoms with van der Waals surface area (Å²) in [7, 11) is -3.13. The molecule has 3 rings (SSSR count). The van der Waals surface area contributed by atoms with Crippen molar-refractivity contribution in [2.75, 3.05) is 32.1 Å². The normalized spacial score (nSPS) is 24.4. The third-order valence-corrected chi connectivity index (χ3v) is 6.80. The fourth-order valence-corrected chi connectivity index (χ4v) is 5.66. The first-order chi connectivity index (χ1) is 9.99. The fourth-order valence-electron chi connectivity index (χ4n) is 3.27. The monoisotopic (exact) mass is 329 g/mol. The highest BCUT2D eigenvalue weighted by molar-refractivity contribution is 7.89. The first kappa shape index (κ1) is 15.3. The smallest absolute Gasteiger partial charge is 0.214 e. The fraction of sp³-hybridized carbons (Fsp3) is 0.600. The van der Waals surface area contributed by atoms with E-state index in [1.807, 2.05) is 24.3 Å². The van der Waals surface area contributed by atoms with E-state index >= 15 is 0 Å². The van der Waals surface area contributed by atoms with Gasteiger partial charge in [-0.2, -0.15) is 0 Å². The Labute approximate surface area is 131 Å². The number of benzene rings is 1. The van der Waals surface area contributed by atoms with E-state index in [4.69, 9.17) is 16.3 Å². The number of hydrogen-bond donors (Lipinski definition) is 0. The van der Waals surface area contributed by atoms with Gasteiger partial charge in [-0.1, -0.05) is 23.7 Å². The maximum absolute atomic E-state index is 12.4. The molecule has 0 amide bonds. The number of halogens is 1. The van der Waals surface area contributed by atoms with Crippen LogP contribution >= 0.6 is 11.6 Å². The van der Waals surface area contributed by atoms with Crippen LogP contribution in [0, 0.1) is 5.41 Å². The van der Waals surface area contributed by atoms with Crippen molar-refractivity contribution in [2.45, 2.75) is 19.3 Å². The Morgan fingerprint density at radius 1 is 1.29 bits per heavy atom. The van der Waals surface area contributed by atoms with Crippen LogP contribution in [0.5, 0.6) is 0 Å². The Balaban J connectivity index is 1.67. The van der Waals surface area contributed by atoms with Crippen molar-refractivity contribution < 1.29 is 13.2 Å². The van der Waals surface area contributed by atoms with Gasteiger partial charge < -0.3 is 4.74 Å². The third kappa shape index (κ3) is 3.42. The molecule has 0 radical (unpaired) electrons. The molecule has 4 nitrogen and oxygen atoms in total. The molecule has 116 valence electrons. The van der Waals surface area contributed by atoms with Gasteiger partial charge in [0.2, 0.25) is 10.0 Å². The van der Waals surface area contributed by atoms with Crippen LogP contribution in [0.3, 0.4) is 0 Å². The molecule has 0 aromatic heterocycles. The average Bonchev–Trinajstić information content (AvgIpc) is 2.67. The molecule has 2 heterocycles. The van der Waals surface area contributed by atoms with E-state index in [2.05, 4.69) is 0 Å². The van der Waals surface area contributed by atoms with Crippen molar-refractivity contribution in [3.05, 3.63) is 34.9 Å². The molecule has 2 aliphatic rings. The largest absolute Gasteiger partial charge is 0.381 e. The number of sulfonamides is 1. The second kappa shape index (κ2) is 5.88. The summed E-state index contributed by atoms with van der Waals surface area (Å²) in [5, 5.41) is 0.692. The van der Waals surface area contributed by atoms with Gasteiger partial charge in [0.25, 0.3) is 0 Å². The molecular formula is C15H20ClNO3S. The third-order valence-electron chi connectivity index (χ3n) is 4.49. The van der Waals surface area contributed by atoms with Gasteiger partial charge in [-0.15, -0.1) is 0 Å². The van der Waals surface area contributed by atoms with E-state index in [1.54, 1.807) is 4.31 Å². The van der Waals surface area contributed by atoms with E-state index in [9.17, 15) is 8.42 Å². The first-order valence-electron chi connectivity index (χ1n) is 7.29. The highest BCUT2D eigenvalue weighted by atomic mass is 35.5. The summed E-state index contributed by atoms with van der Waals surface area (Å²) in [6, 6.07) is 7.61.